The molecule has 2 heterocycles. The molecule has 7 nitrogen and oxygen atoms in total. The second kappa shape index (κ2) is 7.79. The number of aromatic nitrogens is 1. The van der Waals surface area contributed by atoms with Gasteiger partial charge in [-0.25, -0.2) is 4.79 Å². The summed E-state index contributed by atoms with van der Waals surface area (Å²) in [6.07, 6.45) is -2.44. The van der Waals surface area contributed by atoms with Crippen molar-refractivity contribution >= 4 is 11.8 Å². The summed E-state index contributed by atoms with van der Waals surface area (Å²) in [6.45, 7) is 0. The number of ketones is 1. The topological polar surface area (TPSA) is 95.0 Å². The zero-order valence-corrected chi connectivity index (χ0v) is 18.0. The summed E-state index contributed by atoms with van der Waals surface area (Å²) in [5.74, 6) is -1.10. The fraction of sp³-hybridized carbons (Fsp3) is 0.240. The predicted octanol–water partition coefficient (Wildman–Crippen LogP) is 4.62. The maximum absolute atomic E-state index is 13.4. The van der Waals surface area contributed by atoms with Gasteiger partial charge in [-0.05, 0) is 54.8 Å². The number of aromatic carboxylic acids is 1. The molecule has 0 atom stereocenters. The number of carboxylic acids is 1. The first-order valence-electron chi connectivity index (χ1n) is 10.5. The zero-order chi connectivity index (χ0) is 24.1. The summed E-state index contributed by atoms with van der Waals surface area (Å²) in [5.41, 5.74) is 1.64. The van der Waals surface area contributed by atoms with Crippen LogP contribution < -0.4 is 14.2 Å². The lowest BCUT2D eigenvalue weighted by molar-refractivity contribution is -0.286. The molecule has 174 valence electrons. The highest BCUT2D eigenvalue weighted by Gasteiger charge is 2.52. The van der Waals surface area contributed by atoms with Gasteiger partial charge >= 0.3 is 12.3 Å². The van der Waals surface area contributed by atoms with Crippen molar-refractivity contribution in [3.05, 3.63) is 71.4 Å². The molecule has 5 rings (SSSR count). The number of hydrogen-bond acceptors (Lipinski definition) is 6. The third-order valence-corrected chi connectivity index (χ3v) is 6.11. The van der Waals surface area contributed by atoms with Crippen molar-refractivity contribution in [3.8, 4) is 28.5 Å². The van der Waals surface area contributed by atoms with Gasteiger partial charge in [-0.15, -0.1) is 8.78 Å². The molecule has 2 aromatic carbocycles. The van der Waals surface area contributed by atoms with Crippen LogP contribution in [0.25, 0.3) is 11.3 Å². The second-order valence-electron chi connectivity index (χ2n) is 8.25. The number of pyridine rings is 1. The lowest BCUT2D eigenvalue weighted by atomic mass is 9.88. The number of alkyl halides is 2. The van der Waals surface area contributed by atoms with Crippen LogP contribution in [0.2, 0.25) is 0 Å². The number of carbonyl (C=O) groups is 2. The molecule has 0 amide bonds. The average molecular weight is 467 g/mol. The van der Waals surface area contributed by atoms with Gasteiger partial charge in [-0.2, -0.15) is 0 Å². The maximum Gasteiger partial charge on any atom is 0.586 e. The first kappa shape index (κ1) is 21.8. The molecule has 0 spiro atoms. The number of nitrogens with zero attached hydrogens (tertiary/aromatic N) is 1. The van der Waals surface area contributed by atoms with Crippen LogP contribution in [0.15, 0.2) is 54.6 Å². The minimum Gasteiger partial charge on any atom is -0.496 e. The van der Waals surface area contributed by atoms with Crippen molar-refractivity contribution in [2.75, 3.05) is 7.11 Å². The van der Waals surface area contributed by atoms with Gasteiger partial charge in [0.15, 0.2) is 11.5 Å². The number of ether oxygens (including phenoxy) is 3. The lowest BCUT2D eigenvalue weighted by Crippen LogP contribution is -2.26. The number of carbonyl (C=O) groups excluding carboxylic acids is 1. The fourth-order valence-electron chi connectivity index (χ4n) is 4.20. The number of Topliss-reactive ketones (excluding diaryl/α,β-unsaturated/α-hetero) is 1. The van der Waals surface area contributed by atoms with Crippen molar-refractivity contribution in [2.24, 2.45) is 0 Å². The fourth-order valence-corrected chi connectivity index (χ4v) is 4.20. The number of benzene rings is 2. The van der Waals surface area contributed by atoms with Gasteiger partial charge in [0.05, 0.1) is 18.2 Å². The van der Waals surface area contributed by atoms with Crippen molar-refractivity contribution in [1.29, 1.82) is 0 Å². The molecule has 2 aliphatic rings. The van der Waals surface area contributed by atoms with Crippen molar-refractivity contribution in [1.82, 2.24) is 4.98 Å². The number of hydrogen-bond donors (Lipinski definition) is 1. The largest absolute Gasteiger partial charge is 0.586 e. The van der Waals surface area contributed by atoms with Gasteiger partial charge in [0.2, 0.25) is 0 Å². The lowest BCUT2D eigenvalue weighted by Gasteiger charge is -2.15. The monoisotopic (exact) mass is 467 g/mol. The third kappa shape index (κ3) is 3.83. The Kier molecular flexibility index (Phi) is 5.00. The molecule has 0 unspecified atom stereocenters. The Labute approximate surface area is 192 Å². The summed E-state index contributed by atoms with van der Waals surface area (Å²) >= 11 is 0. The molecule has 1 aromatic heterocycles. The standard InChI is InChI=1S/C25H19F2NO6/c1-32-20-11-14(5-7-17(20)23(30)31)18-4-2-3-16(28-18)13-22(29)24(9-10-24)15-6-8-19-21(12-15)34-25(26,27)33-19/h2-8,11-12H,9-10,13H2,1H3,(H,30,31). The molecule has 1 fully saturated rings. The maximum atomic E-state index is 13.4. The Balaban J connectivity index is 1.38. The van der Waals surface area contributed by atoms with Gasteiger partial charge in [0.25, 0.3) is 0 Å². The van der Waals surface area contributed by atoms with E-state index in [2.05, 4.69) is 14.5 Å². The molecule has 1 aliphatic heterocycles. The highest BCUT2D eigenvalue weighted by atomic mass is 19.3. The minimum atomic E-state index is -3.71. The Morgan fingerprint density at radius 1 is 1.06 bits per heavy atom. The van der Waals surface area contributed by atoms with Crippen LogP contribution in [0, 0.1) is 0 Å². The first-order valence-corrected chi connectivity index (χ1v) is 10.5. The molecule has 34 heavy (non-hydrogen) atoms. The quantitative estimate of drug-likeness (QED) is 0.542. The molecular weight excluding hydrogens is 448 g/mol. The van der Waals surface area contributed by atoms with E-state index < -0.39 is 17.7 Å². The SMILES string of the molecule is COc1cc(-c2cccc(CC(=O)C3(c4ccc5c(c4)OC(F)(F)O5)CC3)n2)ccc1C(=O)O. The molecule has 1 aliphatic carbocycles. The van der Waals surface area contributed by atoms with Crippen LogP contribution in [-0.2, 0) is 16.6 Å². The minimum absolute atomic E-state index is 0.0368. The first-order chi connectivity index (χ1) is 16.2. The highest BCUT2D eigenvalue weighted by molar-refractivity contribution is 5.95. The Bertz CT molecular complexity index is 1320. The summed E-state index contributed by atoms with van der Waals surface area (Å²) in [4.78, 5) is 29.2. The summed E-state index contributed by atoms with van der Waals surface area (Å²) in [5, 5.41) is 9.27. The molecule has 1 N–H and O–H groups in total. The van der Waals surface area contributed by atoms with Crippen LogP contribution in [0.5, 0.6) is 17.2 Å². The summed E-state index contributed by atoms with van der Waals surface area (Å²) < 4.78 is 40.9. The van der Waals surface area contributed by atoms with E-state index in [9.17, 15) is 23.5 Å². The van der Waals surface area contributed by atoms with Crippen LogP contribution in [0.1, 0.15) is 34.5 Å². The van der Waals surface area contributed by atoms with Gasteiger partial charge in [-0.1, -0.05) is 18.2 Å². The Hall–Kier alpha value is -4.01. The van der Waals surface area contributed by atoms with Gasteiger partial charge in [0, 0.05) is 17.7 Å². The van der Waals surface area contributed by atoms with Gasteiger partial charge < -0.3 is 19.3 Å². The van der Waals surface area contributed by atoms with E-state index in [0.29, 0.717) is 35.4 Å². The molecular formula is C25H19F2NO6. The van der Waals surface area contributed by atoms with E-state index in [-0.39, 0.29) is 35.0 Å². The molecule has 9 heteroatoms. The van der Waals surface area contributed by atoms with Crippen molar-refractivity contribution in [3.63, 3.8) is 0 Å². The van der Waals surface area contributed by atoms with E-state index in [1.165, 1.54) is 25.3 Å². The molecule has 0 bridgehead atoms. The number of fused-ring (bicyclic) bond motifs is 1. The summed E-state index contributed by atoms with van der Waals surface area (Å²) in [7, 11) is 1.39. The second-order valence-corrected chi connectivity index (χ2v) is 8.25. The highest BCUT2D eigenvalue weighted by Crippen LogP contribution is 2.52. The van der Waals surface area contributed by atoms with Gasteiger partial charge in [0.1, 0.15) is 17.1 Å². The van der Waals surface area contributed by atoms with E-state index in [1.807, 2.05) is 0 Å². The van der Waals surface area contributed by atoms with E-state index >= 15 is 0 Å². The van der Waals surface area contributed by atoms with E-state index in [1.54, 1.807) is 36.4 Å². The number of rotatable bonds is 7. The van der Waals surface area contributed by atoms with Crippen LogP contribution in [0.3, 0.4) is 0 Å². The third-order valence-electron chi connectivity index (χ3n) is 6.11. The predicted molar refractivity (Wildman–Crippen MR) is 115 cm³/mol. The Morgan fingerprint density at radius 2 is 1.82 bits per heavy atom. The van der Waals surface area contributed by atoms with Crippen LogP contribution >= 0.6 is 0 Å². The average Bonchev–Trinajstić information content (AvgIpc) is 3.56. The van der Waals surface area contributed by atoms with E-state index in [0.717, 1.165) is 0 Å². The van der Waals surface area contributed by atoms with Crippen LogP contribution in [0.4, 0.5) is 8.78 Å². The smallest absolute Gasteiger partial charge is 0.496 e. The summed E-state index contributed by atoms with van der Waals surface area (Å²) in [6, 6.07) is 14.4. The van der Waals surface area contributed by atoms with Crippen LogP contribution in [-0.4, -0.2) is 35.2 Å². The normalized spacial score (nSPS) is 16.7. The number of methoxy groups -OCH3 is 1. The van der Waals surface area contributed by atoms with Crippen molar-refractivity contribution < 1.29 is 37.7 Å². The van der Waals surface area contributed by atoms with E-state index in [4.69, 9.17) is 4.74 Å². The van der Waals surface area contributed by atoms with Crippen molar-refractivity contribution in [2.45, 2.75) is 31.0 Å². The molecule has 0 saturated heterocycles. The molecule has 3 aromatic rings. The Morgan fingerprint density at radius 3 is 2.53 bits per heavy atom. The molecule has 1 saturated carbocycles. The zero-order valence-electron chi connectivity index (χ0n) is 18.0. The number of halogens is 2. The number of carboxylic acid groups (broad SMARTS) is 1. The van der Waals surface area contributed by atoms with Gasteiger partial charge in [-0.3, -0.25) is 9.78 Å². The molecule has 0 radical (unpaired) electrons.